The highest BCUT2D eigenvalue weighted by Gasteiger charge is 2.28. The van der Waals surface area contributed by atoms with Crippen molar-refractivity contribution in [2.75, 3.05) is 19.7 Å². The maximum atomic E-state index is 11.7. The quantitative estimate of drug-likeness (QED) is 0.669. The van der Waals surface area contributed by atoms with Gasteiger partial charge in [-0.1, -0.05) is 0 Å². The first kappa shape index (κ1) is 10.7. The molecule has 2 rings (SSSR count). The summed E-state index contributed by atoms with van der Waals surface area (Å²) in [5, 5.41) is 3.00. The van der Waals surface area contributed by atoms with Gasteiger partial charge in [-0.05, 0) is 25.7 Å². The van der Waals surface area contributed by atoms with E-state index < -0.39 is 0 Å². The van der Waals surface area contributed by atoms with Crippen LogP contribution in [0.5, 0.6) is 0 Å². The van der Waals surface area contributed by atoms with Gasteiger partial charge in [0.15, 0.2) is 0 Å². The lowest BCUT2D eigenvalue weighted by molar-refractivity contribution is 0.0689. The molecule has 15 heavy (non-hydrogen) atoms. The number of rotatable bonds is 3. The molecule has 1 unspecified atom stereocenters. The van der Waals surface area contributed by atoms with E-state index in [4.69, 9.17) is 5.90 Å². The molecule has 2 fully saturated rings. The average molecular weight is 213 g/mol. The molecule has 0 aromatic heterocycles. The fraction of sp³-hybridized carbons (Fsp3) is 0.900. The summed E-state index contributed by atoms with van der Waals surface area (Å²) in [4.78, 5) is 18.3. The standard InChI is InChI=1S/C10H19N3O2/c11-15-7-8-2-1-5-13(6-8)10(14)12-9-3-4-9/h8-9H,1-7,11H2,(H,12,14). The maximum absolute atomic E-state index is 11.7. The predicted octanol–water partition coefficient (Wildman–Crippen LogP) is 0.461. The first-order chi connectivity index (χ1) is 7.29. The Hall–Kier alpha value is -0.810. The van der Waals surface area contributed by atoms with E-state index in [1.807, 2.05) is 4.90 Å². The zero-order chi connectivity index (χ0) is 10.7. The molecule has 0 aromatic rings. The topological polar surface area (TPSA) is 67.6 Å². The van der Waals surface area contributed by atoms with Gasteiger partial charge in [0.1, 0.15) is 0 Å². The molecule has 3 N–H and O–H groups in total. The number of urea groups is 1. The lowest BCUT2D eigenvalue weighted by Gasteiger charge is -2.32. The molecule has 5 heteroatoms. The van der Waals surface area contributed by atoms with Crippen LogP contribution < -0.4 is 11.2 Å². The maximum Gasteiger partial charge on any atom is 0.317 e. The molecule has 0 aromatic carbocycles. The predicted molar refractivity (Wildman–Crippen MR) is 56.0 cm³/mol. The van der Waals surface area contributed by atoms with Crippen LogP contribution in [-0.2, 0) is 4.84 Å². The van der Waals surface area contributed by atoms with Crippen LogP contribution in [0.2, 0.25) is 0 Å². The monoisotopic (exact) mass is 213 g/mol. The van der Waals surface area contributed by atoms with Crippen molar-refractivity contribution in [2.45, 2.75) is 31.7 Å². The van der Waals surface area contributed by atoms with Crippen LogP contribution in [-0.4, -0.2) is 36.7 Å². The number of carbonyl (C=O) groups excluding carboxylic acids is 1. The number of nitrogens with one attached hydrogen (secondary N) is 1. The molecule has 1 saturated carbocycles. The van der Waals surface area contributed by atoms with Crippen molar-refractivity contribution in [3.8, 4) is 0 Å². The van der Waals surface area contributed by atoms with Crippen molar-refractivity contribution in [3.63, 3.8) is 0 Å². The van der Waals surface area contributed by atoms with Crippen LogP contribution in [0.1, 0.15) is 25.7 Å². The Bertz CT molecular complexity index is 229. The lowest BCUT2D eigenvalue weighted by atomic mass is 9.99. The average Bonchev–Trinajstić information content (AvgIpc) is 3.03. The third kappa shape index (κ3) is 3.07. The van der Waals surface area contributed by atoms with E-state index in [1.54, 1.807) is 0 Å². The van der Waals surface area contributed by atoms with E-state index in [2.05, 4.69) is 10.2 Å². The minimum atomic E-state index is 0.0826. The highest BCUT2D eigenvalue weighted by Crippen LogP contribution is 2.21. The first-order valence-corrected chi connectivity index (χ1v) is 5.66. The largest absolute Gasteiger partial charge is 0.335 e. The van der Waals surface area contributed by atoms with Gasteiger partial charge < -0.3 is 15.1 Å². The second-order valence-corrected chi connectivity index (χ2v) is 4.51. The summed E-state index contributed by atoms with van der Waals surface area (Å²) >= 11 is 0. The normalized spacial score (nSPS) is 26.5. The summed E-state index contributed by atoms with van der Waals surface area (Å²) < 4.78 is 0. The second-order valence-electron chi connectivity index (χ2n) is 4.51. The molecule has 1 saturated heterocycles. The van der Waals surface area contributed by atoms with Crippen molar-refractivity contribution in [1.82, 2.24) is 10.2 Å². The highest BCUT2D eigenvalue weighted by atomic mass is 16.6. The molecule has 86 valence electrons. The van der Waals surface area contributed by atoms with E-state index in [0.717, 1.165) is 38.8 Å². The number of amides is 2. The minimum Gasteiger partial charge on any atom is -0.335 e. The van der Waals surface area contributed by atoms with Gasteiger partial charge in [0.25, 0.3) is 0 Å². The Morgan fingerprint density at radius 1 is 1.47 bits per heavy atom. The third-order valence-corrected chi connectivity index (χ3v) is 3.04. The van der Waals surface area contributed by atoms with E-state index in [-0.39, 0.29) is 6.03 Å². The summed E-state index contributed by atoms with van der Waals surface area (Å²) in [6, 6.07) is 0.517. The number of likely N-dealkylation sites (tertiary alicyclic amines) is 1. The molecule has 1 aliphatic heterocycles. The zero-order valence-electron chi connectivity index (χ0n) is 8.95. The fourth-order valence-corrected chi connectivity index (χ4v) is 2.02. The van der Waals surface area contributed by atoms with Crippen LogP contribution in [0.3, 0.4) is 0 Å². The van der Waals surface area contributed by atoms with Gasteiger partial charge in [-0.25, -0.2) is 10.7 Å². The van der Waals surface area contributed by atoms with Crippen LogP contribution >= 0.6 is 0 Å². The van der Waals surface area contributed by atoms with Crippen molar-refractivity contribution in [1.29, 1.82) is 0 Å². The van der Waals surface area contributed by atoms with Gasteiger partial charge in [-0.3, -0.25) is 0 Å². The summed E-state index contributed by atoms with van der Waals surface area (Å²) in [7, 11) is 0. The molecule has 1 aliphatic carbocycles. The van der Waals surface area contributed by atoms with E-state index in [0.29, 0.717) is 18.6 Å². The Kier molecular flexibility index (Phi) is 3.43. The number of carbonyl (C=O) groups is 1. The number of hydrogen-bond acceptors (Lipinski definition) is 3. The summed E-state index contributed by atoms with van der Waals surface area (Å²) in [6.07, 6.45) is 4.42. The summed E-state index contributed by atoms with van der Waals surface area (Å²) in [6.45, 7) is 2.18. The van der Waals surface area contributed by atoms with Gasteiger partial charge >= 0.3 is 6.03 Å². The number of nitrogens with two attached hydrogens (primary N) is 1. The number of piperidine rings is 1. The minimum absolute atomic E-state index is 0.0826. The van der Waals surface area contributed by atoms with Crippen molar-refractivity contribution in [3.05, 3.63) is 0 Å². The fourth-order valence-electron chi connectivity index (χ4n) is 2.02. The zero-order valence-corrected chi connectivity index (χ0v) is 8.95. The van der Waals surface area contributed by atoms with Gasteiger partial charge in [-0.15, -0.1) is 0 Å². The second kappa shape index (κ2) is 4.81. The highest BCUT2D eigenvalue weighted by molar-refractivity contribution is 5.74. The van der Waals surface area contributed by atoms with Crippen LogP contribution in [0.15, 0.2) is 0 Å². The molecule has 2 amide bonds. The summed E-state index contributed by atoms with van der Waals surface area (Å²) in [5.41, 5.74) is 0. The van der Waals surface area contributed by atoms with E-state index in [1.165, 1.54) is 0 Å². The number of hydrogen-bond donors (Lipinski definition) is 2. The molecular formula is C10H19N3O2. The van der Waals surface area contributed by atoms with Crippen LogP contribution in [0.25, 0.3) is 0 Å². The molecule has 2 aliphatic rings. The lowest BCUT2D eigenvalue weighted by Crippen LogP contribution is -2.47. The van der Waals surface area contributed by atoms with Crippen LogP contribution in [0.4, 0.5) is 4.79 Å². The Morgan fingerprint density at radius 3 is 2.93 bits per heavy atom. The van der Waals surface area contributed by atoms with Crippen LogP contribution in [0, 0.1) is 5.92 Å². The SMILES string of the molecule is NOCC1CCCN(C(=O)NC2CC2)C1. The summed E-state index contributed by atoms with van der Waals surface area (Å²) in [5.74, 6) is 5.45. The Morgan fingerprint density at radius 2 is 2.27 bits per heavy atom. The van der Waals surface area contributed by atoms with Gasteiger partial charge in [0.05, 0.1) is 6.61 Å². The van der Waals surface area contributed by atoms with Crippen molar-refractivity contribution < 1.29 is 9.63 Å². The van der Waals surface area contributed by atoms with Crippen molar-refractivity contribution in [2.24, 2.45) is 11.8 Å². The smallest absolute Gasteiger partial charge is 0.317 e. The third-order valence-electron chi connectivity index (χ3n) is 3.04. The molecule has 0 radical (unpaired) electrons. The van der Waals surface area contributed by atoms with Crippen molar-refractivity contribution >= 4 is 6.03 Å². The molecule has 1 heterocycles. The van der Waals surface area contributed by atoms with E-state index in [9.17, 15) is 4.79 Å². The number of nitrogens with zero attached hydrogens (tertiary/aromatic N) is 1. The molecule has 0 bridgehead atoms. The molecule has 5 nitrogen and oxygen atoms in total. The first-order valence-electron chi connectivity index (χ1n) is 5.66. The van der Waals surface area contributed by atoms with Gasteiger partial charge in [0.2, 0.25) is 0 Å². The Labute approximate surface area is 89.9 Å². The Balaban J connectivity index is 1.77. The van der Waals surface area contributed by atoms with E-state index >= 15 is 0 Å². The van der Waals surface area contributed by atoms with Gasteiger partial charge in [-0.2, -0.15) is 0 Å². The van der Waals surface area contributed by atoms with Gasteiger partial charge in [0, 0.05) is 25.0 Å². The molecule has 0 spiro atoms. The molecular weight excluding hydrogens is 194 g/mol. The molecule has 1 atom stereocenters.